The molecule has 10 nitrogen and oxygen atoms in total. The van der Waals surface area contributed by atoms with E-state index in [-0.39, 0.29) is 36.2 Å². The summed E-state index contributed by atoms with van der Waals surface area (Å²) in [7, 11) is -2.68. The molecule has 0 spiro atoms. The van der Waals surface area contributed by atoms with Gasteiger partial charge in [0.15, 0.2) is 11.5 Å². The third-order valence-corrected chi connectivity index (χ3v) is 6.39. The second kappa shape index (κ2) is 7.50. The van der Waals surface area contributed by atoms with Crippen LogP contribution in [0.5, 0.6) is 17.2 Å². The molecule has 1 unspecified atom stereocenters. The number of hydrogen-bond donors (Lipinski definition) is 3. The summed E-state index contributed by atoms with van der Waals surface area (Å²) >= 11 is 0. The lowest BCUT2D eigenvalue weighted by Gasteiger charge is -2.17. The van der Waals surface area contributed by atoms with Crippen molar-refractivity contribution in [2.24, 2.45) is 5.92 Å². The Balaban J connectivity index is 1.49. The number of hydrogen-bond acceptors (Lipinski definition) is 7. The summed E-state index contributed by atoms with van der Waals surface area (Å²) in [5.74, 6) is -0.563. The lowest BCUT2D eigenvalue weighted by molar-refractivity contribution is -0.122. The van der Waals surface area contributed by atoms with Crippen LogP contribution in [-0.2, 0) is 19.6 Å². The number of carbonyl (C=O) groups excluding carboxylic acids is 2. The van der Waals surface area contributed by atoms with Crippen LogP contribution in [0.15, 0.2) is 41.3 Å². The second-order valence-corrected chi connectivity index (χ2v) is 8.68. The van der Waals surface area contributed by atoms with E-state index in [2.05, 4.69) is 10.0 Å². The molecule has 1 saturated heterocycles. The minimum absolute atomic E-state index is 0.0139. The van der Waals surface area contributed by atoms with Crippen molar-refractivity contribution in [2.45, 2.75) is 11.3 Å². The minimum Gasteiger partial charge on any atom is -0.507 e. The Morgan fingerprint density at radius 2 is 1.93 bits per heavy atom. The summed E-state index contributed by atoms with van der Waals surface area (Å²) in [5.41, 5.74) is 0.798. The van der Waals surface area contributed by atoms with E-state index in [1.54, 1.807) is 18.2 Å². The van der Waals surface area contributed by atoms with Gasteiger partial charge >= 0.3 is 0 Å². The highest BCUT2D eigenvalue weighted by Gasteiger charge is 2.36. The Labute approximate surface area is 172 Å². The zero-order valence-corrected chi connectivity index (χ0v) is 16.7. The fourth-order valence-corrected chi connectivity index (χ4v) is 4.19. The number of phenolic OH excluding ortho intramolecular Hbond substituents is 1. The average Bonchev–Trinajstić information content (AvgIpc) is 3.35. The number of nitrogens with zero attached hydrogens (tertiary/aromatic N) is 1. The number of amides is 2. The molecule has 1 atom stereocenters. The van der Waals surface area contributed by atoms with Gasteiger partial charge in [-0.1, -0.05) is 0 Å². The van der Waals surface area contributed by atoms with Gasteiger partial charge in [-0.05, 0) is 37.4 Å². The number of nitrogens with one attached hydrogen (secondary N) is 2. The van der Waals surface area contributed by atoms with Crippen molar-refractivity contribution in [3.63, 3.8) is 0 Å². The molecule has 158 valence electrons. The first kappa shape index (κ1) is 20.0. The van der Waals surface area contributed by atoms with Gasteiger partial charge in [0.1, 0.15) is 10.6 Å². The maximum absolute atomic E-state index is 12.7. The van der Waals surface area contributed by atoms with Gasteiger partial charge in [0, 0.05) is 30.4 Å². The van der Waals surface area contributed by atoms with Crippen LogP contribution in [0.2, 0.25) is 0 Å². The molecule has 0 aromatic heterocycles. The summed E-state index contributed by atoms with van der Waals surface area (Å²) in [6.45, 7) is 0.291. The Hall–Kier alpha value is -3.31. The van der Waals surface area contributed by atoms with E-state index in [0.29, 0.717) is 17.2 Å². The zero-order chi connectivity index (χ0) is 21.5. The smallest absolute Gasteiger partial charge is 0.244 e. The Bertz CT molecular complexity index is 1130. The molecule has 1 fully saturated rings. The fraction of sp³-hybridized carbons (Fsp3) is 0.263. The van der Waals surface area contributed by atoms with E-state index >= 15 is 0 Å². The van der Waals surface area contributed by atoms with Crippen molar-refractivity contribution in [2.75, 3.05) is 30.6 Å². The number of ether oxygens (including phenoxy) is 2. The molecule has 2 aromatic carbocycles. The highest BCUT2D eigenvalue weighted by Crippen LogP contribution is 2.37. The van der Waals surface area contributed by atoms with Gasteiger partial charge in [0.25, 0.3) is 0 Å². The molecular formula is C19H19N3O7S. The standard InChI is InChI=1S/C19H19N3O7S/c1-20-30(26,27)17-7-12(2-4-14(17)23)21-19(25)11-6-18(24)22(9-11)13-3-5-15-16(8-13)29-10-28-15/h2-5,7-8,11,20,23H,6,9-10H2,1H3,(H,21,25). The Kier molecular flexibility index (Phi) is 5.00. The van der Waals surface area contributed by atoms with Crippen molar-refractivity contribution < 1.29 is 32.6 Å². The maximum Gasteiger partial charge on any atom is 0.244 e. The Morgan fingerprint density at radius 3 is 2.70 bits per heavy atom. The molecule has 2 amide bonds. The normalized spacial score (nSPS) is 18.0. The monoisotopic (exact) mass is 433 g/mol. The van der Waals surface area contributed by atoms with Crippen LogP contribution in [0.4, 0.5) is 11.4 Å². The van der Waals surface area contributed by atoms with Crippen LogP contribution in [0, 0.1) is 5.92 Å². The Morgan fingerprint density at radius 1 is 1.17 bits per heavy atom. The summed E-state index contributed by atoms with van der Waals surface area (Å²) in [4.78, 5) is 26.3. The number of sulfonamides is 1. The molecule has 2 heterocycles. The lowest BCUT2D eigenvalue weighted by atomic mass is 10.1. The number of anilines is 2. The zero-order valence-electron chi connectivity index (χ0n) is 15.9. The quantitative estimate of drug-likeness (QED) is 0.599. The van der Waals surface area contributed by atoms with E-state index < -0.39 is 27.6 Å². The van der Waals surface area contributed by atoms with Crippen LogP contribution in [-0.4, -0.2) is 45.7 Å². The predicted molar refractivity (Wildman–Crippen MR) is 106 cm³/mol. The van der Waals surface area contributed by atoms with Gasteiger partial charge < -0.3 is 24.8 Å². The van der Waals surface area contributed by atoms with Crippen LogP contribution in [0.1, 0.15) is 6.42 Å². The van der Waals surface area contributed by atoms with Crippen molar-refractivity contribution in [3.8, 4) is 17.2 Å². The van der Waals surface area contributed by atoms with Gasteiger partial charge in [-0.3, -0.25) is 9.59 Å². The average molecular weight is 433 g/mol. The molecule has 3 N–H and O–H groups in total. The van der Waals surface area contributed by atoms with E-state index in [1.807, 2.05) is 0 Å². The number of fused-ring (bicyclic) bond motifs is 1. The molecule has 0 aliphatic carbocycles. The lowest BCUT2D eigenvalue weighted by Crippen LogP contribution is -2.28. The van der Waals surface area contributed by atoms with E-state index in [9.17, 15) is 23.1 Å². The van der Waals surface area contributed by atoms with Crippen LogP contribution in [0.25, 0.3) is 0 Å². The summed E-state index contributed by atoms with van der Waals surface area (Å²) in [5, 5.41) is 12.4. The van der Waals surface area contributed by atoms with E-state index in [4.69, 9.17) is 9.47 Å². The summed E-state index contributed by atoms with van der Waals surface area (Å²) in [6.07, 6.45) is 0.0139. The van der Waals surface area contributed by atoms with E-state index in [0.717, 1.165) is 6.07 Å². The van der Waals surface area contributed by atoms with Crippen molar-refractivity contribution in [1.82, 2.24) is 4.72 Å². The predicted octanol–water partition coefficient (Wildman–Crippen LogP) is 1.02. The highest BCUT2D eigenvalue weighted by atomic mass is 32.2. The molecule has 4 rings (SSSR count). The van der Waals surface area contributed by atoms with E-state index in [1.165, 1.54) is 24.1 Å². The first-order chi connectivity index (χ1) is 14.3. The van der Waals surface area contributed by atoms with Gasteiger partial charge in [-0.15, -0.1) is 0 Å². The van der Waals surface area contributed by atoms with Crippen LogP contribution >= 0.6 is 0 Å². The molecule has 0 radical (unpaired) electrons. The summed E-state index contributed by atoms with van der Waals surface area (Å²) in [6, 6.07) is 8.84. The first-order valence-corrected chi connectivity index (χ1v) is 10.5. The molecule has 2 aliphatic heterocycles. The van der Waals surface area contributed by atoms with Crippen LogP contribution in [0.3, 0.4) is 0 Å². The number of aromatic hydroxyl groups is 1. The largest absolute Gasteiger partial charge is 0.507 e. The SMILES string of the molecule is CNS(=O)(=O)c1cc(NC(=O)C2CC(=O)N(c3ccc4c(c3)OCO4)C2)ccc1O. The summed E-state index contributed by atoms with van der Waals surface area (Å²) < 4.78 is 36.7. The van der Waals surface area contributed by atoms with Gasteiger partial charge in [-0.2, -0.15) is 0 Å². The van der Waals surface area contributed by atoms with Crippen molar-refractivity contribution in [1.29, 1.82) is 0 Å². The maximum atomic E-state index is 12.7. The molecular weight excluding hydrogens is 414 g/mol. The van der Waals surface area contributed by atoms with Crippen molar-refractivity contribution in [3.05, 3.63) is 36.4 Å². The molecule has 0 saturated carbocycles. The molecule has 11 heteroatoms. The van der Waals surface area contributed by atoms with Gasteiger partial charge in [0.2, 0.25) is 28.6 Å². The minimum atomic E-state index is -3.90. The molecule has 30 heavy (non-hydrogen) atoms. The van der Waals surface area contributed by atoms with Crippen LogP contribution < -0.4 is 24.4 Å². The fourth-order valence-electron chi connectivity index (χ4n) is 3.35. The number of carbonyl (C=O) groups is 2. The number of rotatable bonds is 5. The molecule has 2 aromatic rings. The molecule has 2 aliphatic rings. The number of phenols is 1. The highest BCUT2D eigenvalue weighted by molar-refractivity contribution is 7.89. The second-order valence-electron chi connectivity index (χ2n) is 6.82. The third-order valence-electron chi connectivity index (χ3n) is 4.95. The number of benzene rings is 2. The van der Waals surface area contributed by atoms with Gasteiger partial charge in [0.05, 0.1) is 5.92 Å². The third kappa shape index (κ3) is 3.64. The first-order valence-electron chi connectivity index (χ1n) is 9.06. The van der Waals surface area contributed by atoms with Gasteiger partial charge in [-0.25, -0.2) is 13.1 Å². The topological polar surface area (TPSA) is 134 Å². The molecule has 0 bridgehead atoms. The van der Waals surface area contributed by atoms with Crippen molar-refractivity contribution >= 4 is 33.2 Å².